The molecule has 3 heteroatoms. The largest absolute Gasteiger partial charge is 0.493 e. The molecule has 2 aromatic rings. The molecule has 0 unspecified atom stereocenters. The Bertz CT molecular complexity index is 583. The summed E-state index contributed by atoms with van der Waals surface area (Å²) < 4.78 is 5.82. The van der Waals surface area contributed by atoms with E-state index in [-0.39, 0.29) is 0 Å². The van der Waals surface area contributed by atoms with Crippen LogP contribution in [0.4, 0.5) is 0 Å². The van der Waals surface area contributed by atoms with Crippen molar-refractivity contribution >= 4 is 11.8 Å². The van der Waals surface area contributed by atoms with E-state index in [2.05, 4.69) is 32.0 Å². The van der Waals surface area contributed by atoms with Crippen molar-refractivity contribution in [3.8, 4) is 5.75 Å². The van der Waals surface area contributed by atoms with Gasteiger partial charge in [0.25, 0.3) is 0 Å². The Labute approximate surface area is 131 Å². The molecular formula is C18H23NOS. The van der Waals surface area contributed by atoms with E-state index >= 15 is 0 Å². The minimum atomic E-state index is 0.521. The fourth-order valence-electron chi connectivity index (χ4n) is 2.20. The van der Waals surface area contributed by atoms with Gasteiger partial charge in [0.2, 0.25) is 0 Å². The molecule has 2 N–H and O–H groups in total. The standard InChI is InChI=1S/C18H23NOS/c1-14-8-9-18(15(2)12-14)21-11-5-10-20-17-7-4-3-6-16(17)13-19/h3-4,6-9,12H,5,10-11,13,19H2,1-2H3. The van der Waals surface area contributed by atoms with Gasteiger partial charge in [0, 0.05) is 22.8 Å². The number of rotatable bonds is 7. The first-order valence-electron chi connectivity index (χ1n) is 7.31. The third kappa shape index (κ3) is 4.80. The normalized spacial score (nSPS) is 10.6. The highest BCUT2D eigenvalue weighted by molar-refractivity contribution is 7.99. The maximum absolute atomic E-state index is 5.82. The number of hydrogen-bond acceptors (Lipinski definition) is 3. The zero-order valence-corrected chi connectivity index (χ0v) is 13.6. The number of nitrogens with two attached hydrogens (primary N) is 1. The summed E-state index contributed by atoms with van der Waals surface area (Å²) in [6.07, 6.45) is 1.02. The Morgan fingerprint density at radius 3 is 2.67 bits per heavy atom. The number of benzene rings is 2. The lowest BCUT2D eigenvalue weighted by atomic mass is 10.2. The SMILES string of the molecule is Cc1ccc(SCCCOc2ccccc2CN)c(C)c1. The van der Waals surface area contributed by atoms with Gasteiger partial charge in [-0.25, -0.2) is 0 Å². The van der Waals surface area contributed by atoms with Crippen LogP contribution in [0.25, 0.3) is 0 Å². The van der Waals surface area contributed by atoms with Crippen molar-refractivity contribution < 1.29 is 4.74 Å². The Balaban J connectivity index is 1.75. The van der Waals surface area contributed by atoms with Crippen LogP contribution in [0.1, 0.15) is 23.1 Å². The van der Waals surface area contributed by atoms with Crippen LogP contribution in [0, 0.1) is 13.8 Å². The van der Waals surface area contributed by atoms with Crippen LogP contribution >= 0.6 is 11.8 Å². The first-order chi connectivity index (χ1) is 10.2. The van der Waals surface area contributed by atoms with E-state index in [0.717, 1.165) is 30.1 Å². The summed E-state index contributed by atoms with van der Waals surface area (Å²) in [5, 5.41) is 0. The van der Waals surface area contributed by atoms with E-state index in [1.165, 1.54) is 16.0 Å². The molecule has 2 nitrogen and oxygen atoms in total. The van der Waals surface area contributed by atoms with E-state index in [1.54, 1.807) is 0 Å². The third-order valence-corrected chi connectivity index (χ3v) is 4.59. The molecule has 0 aliphatic heterocycles. The van der Waals surface area contributed by atoms with Crippen LogP contribution in [-0.4, -0.2) is 12.4 Å². The van der Waals surface area contributed by atoms with E-state index in [4.69, 9.17) is 10.5 Å². The minimum Gasteiger partial charge on any atom is -0.493 e. The number of hydrogen-bond donors (Lipinski definition) is 1. The molecule has 0 radical (unpaired) electrons. The lowest BCUT2D eigenvalue weighted by molar-refractivity contribution is 0.315. The predicted molar refractivity (Wildman–Crippen MR) is 91.1 cm³/mol. The number of ether oxygens (including phenoxy) is 1. The Kier molecular flexibility index (Phi) is 6.15. The highest BCUT2D eigenvalue weighted by atomic mass is 32.2. The van der Waals surface area contributed by atoms with Gasteiger partial charge in [-0.1, -0.05) is 35.9 Å². The van der Waals surface area contributed by atoms with Crippen LogP contribution in [0.2, 0.25) is 0 Å². The molecule has 0 atom stereocenters. The highest BCUT2D eigenvalue weighted by Crippen LogP contribution is 2.24. The van der Waals surface area contributed by atoms with E-state index in [9.17, 15) is 0 Å². The van der Waals surface area contributed by atoms with Gasteiger partial charge in [-0.3, -0.25) is 0 Å². The average molecular weight is 301 g/mol. The molecule has 112 valence electrons. The maximum Gasteiger partial charge on any atom is 0.123 e. The molecule has 0 amide bonds. The van der Waals surface area contributed by atoms with E-state index in [1.807, 2.05) is 36.0 Å². The molecule has 0 bridgehead atoms. The molecule has 0 aromatic heterocycles. The molecular weight excluding hydrogens is 278 g/mol. The molecule has 21 heavy (non-hydrogen) atoms. The molecule has 0 aliphatic carbocycles. The number of thioether (sulfide) groups is 1. The summed E-state index contributed by atoms with van der Waals surface area (Å²) in [5.74, 6) is 1.98. The summed E-state index contributed by atoms with van der Waals surface area (Å²) in [4.78, 5) is 1.36. The summed E-state index contributed by atoms with van der Waals surface area (Å²) in [7, 11) is 0. The Hall–Kier alpha value is -1.45. The fourth-order valence-corrected chi connectivity index (χ4v) is 3.13. The molecule has 0 saturated heterocycles. The van der Waals surface area contributed by atoms with Crippen molar-refractivity contribution in [2.45, 2.75) is 31.7 Å². The molecule has 0 fully saturated rings. The summed E-state index contributed by atoms with van der Waals surface area (Å²) in [6, 6.07) is 14.6. The topological polar surface area (TPSA) is 35.2 Å². The smallest absolute Gasteiger partial charge is 0.123 e. The van der Waals surface area contributed by atoms with Crippen LogP contribution in [-0.2, 0) is 6.54 Å². The maximum atomic E-state index is 5.82. The molecule has 2 rings (SSSR count). The molecule has 0 aliphatic rings. The second-order valence-corrected chi connectivity index (χ2v) is 6.27. The molecule has 0 spiro atoms. The predicted octanol–water partition coefficient (Wildman–Crippen LogP) is 4.32. The van der Waals surface area contributed by atoms with Crippen LogP contribution in [0.15, 0.2) is 47.4 Å². The van der Waals surface area contributed by atoms with E-state index in [0.29, 0.717) is 6.54 Å². The Morgan fingerprint density at radius 1 is 1.10 bits per heavy atom. The molecule has 2 aromatic carbocycles. The monoisotopic (exact) mass is 301 g/mol. The highest BCUT2D eigenvalue weighted by Gasteiger charge is 2.02. The first-order valence-corrected chi connectivity index (χ1v) is 8.30. The molecule has 0 heterocycles. The van der Waals surface area contributed by atoms with Gasteiger partial charge in [-0.2, -0.15) is 0 Å². The van der Waals surface area contributed by atoms with Crippen molar-refractivity contribution in [3.63, 3.8) is 0 Å². The van der Waals surface area contributed by atoms with Gasteiger partial charge in [0.15, 0.2) is 0 Å². The lowest BCUT2D eigenvalue weighted by Crippen LogP contribution is -2.04. The fraction of sp³-hybridized carbons (Fsp3) is 0.333. The van der Waals surface area contributed by atoms with Gasteiger partial charge in [-0.05, 0) is 38.0 Å². The zero-order chi connectivity index (χ0) is 15.1. The van der Waals surface area contributed by atoms with Crippen molar-refractivity contribution in [1.29, 1.82) is 0 Å². The number of aryl methyl sites for hydroxylation is 2. The number of para-hydroxylation sites is 1. The van der Waals surface area contributed by atoms with Gasteiger partial charge in [0.1, 0.15) is 5.75 Å². The van der Waals surface area contributed by atoms with Crippen LogP contribution in [0.3, 0.4) is 0 Å². The van der Waals surface area contributed by atoms with Crippen molar-refractivity contribution in [2.24, 2.45) is 5.73 Å². The van der Waals surface area contributed by atoms with Crippen LogP contribution < -0.4 is 10.5 Å². The van der Waals surface area contributed by atoms with E-state index < -0.39 is 0 Å². The summed E-state index contributed by atoms with van der Waals surface area (Å²) in [5.41, 5.74) is 9.44. The average Bonchev–Trinajstić information content (AvgIpc) is 2.49. The van der Waals surface area contributed by atoms with Crippen molar-refractivity contribution in [2.75, 3.05) is 12.4 Å². The van der Waals surface area contributed by atoms with Crippen molar-refractivity contribution in [1.82, 2.24) is 0 Å². The van der Waals surface area contributed by atoms with Gasteiger partial charge >= 0.3 is 0 Å². The second kappa shape index (κ2) is 8.11. The first kappa shape index (κ1) is 15.9. The summed E-state index contributed by atoms with van der Waals surface area (Å²) >= 11 is 1.90. The van der Waals surface area contributed by atoms with Gasteiger partial charge in [-0.15, -0.1) is 11.8 Å². The Morgan fingerprint density at radius 2 is 1.90 bits per heavy atom. The summed E-state index contributed by atoms with van der Waals surface area (Å²) in [6.45, 7) is 5.55. The quantitative estimate of drug-likeness (QED) is 0.611. The van der Waals surface area contributed by atoms with Gasteiger partial charge < -0.3 is 10.5 Å². The van der Waals surface area contributed by atoms with Crippen molar-refractivity contribution in [3.05, 3.63) is 59.2 Å². The minimum absolute atomic E-state index is 0.521. The lowest BCUT2D eigenvalue weighted by Gasteiger charge is -2.10. The van der Waals surface area contributed by atoms with Crippen LogP contribution in [0.5, 0.6) is 5.75 Å². The van der Waals surface area contributed by atoms with Gasteiger partial charge in [0.05, 0.1) is 6.61 Å². The zero-order valence-electron chi connectivity index (χ0n) is 12.8. The third-order valence-electron chi connectivity index (χ3n) is 3.33. The second-order valence-electron chi connectivity index (χ2n) is 5.13. The molecule has 0 saturated carbocycles.